The van der Waals surface area contributed by atoms with Gasteiger partial charge in [0.25, 0.3) is 0 Å². The minimum absolute atomic E-state index is 0.0525. The number of aromatic hydroxyl groups is 1. The van der Waals surface area contributed by atoms with Gasteiger partial charge in [-0.25, -0.2) is 4.52 Å². The maximum Gasteiger partial charge on any atom is 0.747 e. The van der Waals surface area contributed by atoms with Crippen LogP contribution in [0.1, 0.15) is 16.7 Å². The Balaban J connectivity index is 2.50. The lowest BCUT2D eigenvalue weighted by Crippen LogP contribution is -1.90. The molecule has 22 heavy (non-hydrogen) atoms. The summed E-state index contributed by atoms with van der Waals surface area (Å²) in [5.74, 6) is 0.561. The van der Waals surface area contributed by atoms with Crippen LogP contribution in [0.15, 0.2) is 36.7 Å². The molecule has 0 aliphatic carbocycles. The Hall–Kier alpha value is -2.43. The van der Waals surface area contributed by atoms with Crippen LogP contribution in [-0.2, 0) is 9.09 Å². The van der Waals surface area contributed by atoms with Crippen LogP contribution in [0.3, 0.4) is 0 Å². The van der Waals surface area contributed by atoms with Crippen LogP contribution in [0.25, 0.3) is 11.8 Å². The zero-order valence-corrected chi connectivity index (χ0v) is 12.9. The van der Waals surface area contributed by atoms with E-state index < -0.39 is 8.25 Å². The topological polar surface area (TPSA) is 88.9 Å². The second kappa shape index (κ2) is 7.02. The lowest BCUT2D eigenvalue weighted by atomic mass is 10.1. The number of benzene rings is 1. The van der Waals surface area contributed by atoms with E-state index in [2.05, 4.69) is 4.98 Å². The Morgan fingerprint density at radius 1 is 1.41 bits per heavy atom. The third-order valence-electron chi connectivity index (χ3n) is 2.93. The number of phenolic OH excluding ortho intramolecular Hbond substituents is 1. The number of hydrogen-bond acceptors (Lipinski definition) is 5. The molecule has 1 aromatic carbocycles. The molecule has 2 aromatic rings. The Bertz CT molecular complexity index is 715. The van der Waals surface area contributed by atoms with Crippen LogP contribution in [0, 0.1) is 6.92 Å². The number of phenols is 1. The molecule has 1 aromatic heterocycles. The highest BCUT2D eigenvalue weighted by Crippen LogP contribution is 2.34. The molecule has 2 N–H and O–H groups in total. The normalized spacial score (nSPS) is 12.0. The molecule has 1 unspecified atom stereocenters. The predicted molar refractivity (Wildman–Crippen MR) is 82.4 cm³/mol. The lowest BCUT2D eigenvalue weighted by Gasteiger charge is -2.08. The van der Waals surface area contributed by atoms with E-state index >= 15 is 0 Å². The fourth-order valence-corrected chi connectivity index (χ4v) is 2.25. The molecule has 2 rings (SSSR count). The quantitative estimate of drug-likeness (QED) is 0.649. The molecule has 0 amide bonds. The molecule has 114 valence electrons. The van der Waals surface area contributed by atoms with E-state index in [1.54, 1.807) is 43.5 Å². The maximum absolute atomic E-state index is 11.0. The van der Waals surface area contributed by atoms with E-state index in [4.69, 9.17) is 14.2 Å². The molecular formula is C15H15NO5P+. The highest BCUT2D eigenvalue weighted by Gasteiger charge is 2.19. The monoisotopic (exact) mass is 320 g/mol. The summed E-state index contributed by atoms with van der Waals surface area (Å²) in [6.07, 6.45) is 4.69. The first-order chi connectivity index (χ1) is 10.5. The molecular weight excluding hydrogens is 305 g/mol. The summed E-state index contributed by atoms with van der Waals surface area (Å²) in [4.78, 5) is 13.0. The van der Waals surface area contributed by atoms with Crippen molar-refractivity contribution in [2.45, 2.75) is 6.92 Å². The van der Waals surface area contributed by atoms with Crippen LogP contribution in [0.5, 0.6) is 11.5 Å². The Labute approximate surface area is 128 Å². The third kappa shape index (κ3) is 3.81. The van der Waals surface area contributed by atoms with E-state index in [9.17, 15) is 9.67 Å². The summed E-state index contributed by atoms with van der Waals surface area (Å²) in [5.41, 5.74) is 1.83. The zero-order valence-electron chi connectivity index (χ0n) is 12.1. The van der Waals surface area contributed by atoms with Gasteiger partial charge in [-0.3, -0.25) is 4.98 Å². The van der Waals surface area contributed by atoms with Crippen molar-refractivity contribution in [2.24, 2.45) is 0 Å². The summed E-state index contributed by atoms with van der Waals surface area (Å²) in [6.45, 7) is 1.73. The number of rotatable bonds is 5. The Kier molecular flexibility index (Phi) is 5.09. The number of ether oxygens (including phenoxy) is 1. The van der Waals surface area contributed by atoms with Crippen molar-refractivity contribution < 1.29 is 23.8 Å². The lowest BCUT2D eigenvalue weighted by molar-refractivity contribution is 0.371. The van der Waals surface area contributed by atoms with E-state index in [0.29, 0.717) is 22.4 Å². The molecule has 6 nitrogen and oxygen atoms in total. The summed E-state index contributed by atoms with van der Waals surface area (Å²) in [6, 6.07) is 6.72. The van der Waals surface area contributed by atoms with Crippen molar-refractivity contribution in [3.63, 3.8) is 0 Å². The van der Waals surface area contributed by atoms with Gasteiger partial charge in [-0.1, -0.05) is 0 Å². The van der Waals surface area contributed by atoms with Crippen LogP contribution >= 0.6 is 8.25 Å². The van der Waals surface area contributed by atoms with Crippen molar-refractivity contribution in [1.82, 2.24) is 4.98 Å². The molecule has 0 aliphatic heterocycles. The highest BCUT2D eigenvalue weighted by molar-refractivity contribution is 7.32. The van der Waals surface area contributed by atoms with Crippen molar-refractivity contribution in [3.05, 3.63) is 53.3 Å². The molecule has 1 heterocycles. The zero-order chi connectivity index (χ0) is 16.1. The van der Waals surface area contributed by atoms with Crippen molar-refractivity contribution >= 4 is 20.1 Å². The fraction of sp³-hybridized carbons (Fsp3) is 0.133. The van der Waals surface area contributed by atoms with Crippen molar-refractivity contribution in [3.8, 4) is 11.5 Å². The van der Waals surface area contributed by atoms with Gasteiger partial charge in [0.15, 0.2) is 17.3 Å². The summed E-state index contributed by atoms with van der Waals surface area (Å²) >= 11 is 0. The average molecular weight is 320 g/mol. The fourth-order valence-electron chi connectivity index (χ4n) is 1.92. The minimum atomic E-state index is -2.81. The van der Waals surface area contributed by atoms with E-state index in [-0.39, 0.29) is 11.5 Å². The number of aromatic nitrogens is 1. The minimum Gasteiger partial charge on any atom is -0.504 e. The summed E-state index contributed by atoms with van der Waals surface area (Å²) in [7, 11) is -1.36. The average Bonchev–Trinajstić information content (AvgIpc) is 2.50. The van der Waals surface area contributed by atoms with Gasteiger partial charge in [-0.15, -0.1) is 4.89 Å². The molecule has 1 atom stereocenters. The number of aryl methyl sites for hydroxylation is 1. The Morgan fingerprint density at radius 3 is 2.77 bits per heavy atom. The SMILES string of the molecule is COc1cc(C=C(O[P+](=O)O)c2cccnc2)cc(C)c1O. The summed E-state index contributed by atoms with van der Waals surface area (Å²) in [5, 5.41) is 9.84. The van der Waals surface area contributed by atoms with Crippen molar-refractivity contribution in [1.29, 1.82) is 0 Å². The van der Waals surface area contributed by atoms with E-state index in [1.165, 1.54) is 13.3 Å². The van der Waals surface area contributed by atoms with Gasteiger partial charge in [0.05, 0.1) is 7.11 Å². The van der Waals surface area contributed by atoms with Gasteiger partial charge in [0, 0.05) is 22.5 Å². The van der Waals surface area contributed by atoms with Crippen LogP contribution in [-0.4, -0.2) is 22.1 Å². The van der Waals surface area contributed by atoms with Crippen LogP contribution < -0.4 is 4.74 Å². The molecule has 0 aliphatic rings. The maximum atomic E-state index is 11.0. The van der Waals surface area contributed by atoms with Crippen LogP contribution in [0.4, 0.5) is 0 Å². The standard InChI is InChI=1S/C15H14NO5P/c1-10-6-11(8-14(20-2)15(10)17)7-13(21-22(18)19)12-4-3-5-16-9-12/h3-9H,1-2H3,(H-,17,18,19)/p+1. The molecule has 0 bridgehead atoms. The van der Waals surface area contributed by atoms with Gasteiger partial charge < -0.3 is 9.84 Å². The largest absolute Gasteiger partial charge is 0.747 e. The highest BCUT2D eigenvalue weighted by atomic mass is 31.1. The number of methoxy groups -OCH3 is 1. The van der Waals surface area contributed by atoms with Crippen molar-refractivity contribution in [2.75, 3.05) is 7.11 Å². The first-order valence-electron chi connectivity index (χ1n) is 6.35. The first-order valence-corrected chi connectivity index (χ1v) is 7.48. The number of hydrogen-bond donors (Lipinski definition) is 2. The van der Waals surface area contributed by atoms with Gasteiger partial charge in [0.2, 0.25) is 0 Å². The second-order valence-electron chi connectivity index (χ2n) is 4.47. The molecule has 0 fully saturated rings. The Morgan fingerprint density at radius 2 is 2.18 bits per heavy atom. The smallest absolute Gasteiger partial charge is 0.504 e. The van der Waals surface area contributed by atoms with Crippen LogP contribution in [0.2, 0.25) is 0 Å². The van der Waals surface area contributed by atoms with E-state index in [1.807, 2.05) is 0 Å². The number of pyridine rings is 1. The summed E-state index contributed by atoms with van der Waals surface area (Å²) < 4.78 is 21.1. The van der Waals surface area contributed by atoms with Gasteiger partial charge in [-0.2, -0.15) is 0 Å². The molecule has 0 spiro atoms. The molecule has 0 radical (unpaired) electrons. The first kappa shape index (κ1) is 15.9. The van der Waals surface area contributed by atoms with Gasteiger partial charge in [0.1, 0.15) is 0 Å². The van der Waals surface area contributed by atoms with E-state index in [0.717, 1.165) is 0 Å². The van der Waals surface area contributed by atoms with Gasteiger partial charge in [-0.05, 0) is 48.4 Å². The molecule has 0 saturated carbocycles. The molecule has 7 heteroatoms. The predicted octanol–water partition coefficient (Wildman–Crippen LogP) is 3.27. The molecule has 0 saturated heterocycles. The van der Waals surface area contributed by atoms with Gasteiger partial charge >= 0.3 is 8.25 Å². The third-order valence-corrected chi connectivity index (χ3v) is 3.28. The second-order valence-corrected chi connectivity index (χ2v) is 5.13. The number of nitrogens with zero attached hydrogens (tertiary/aromatic N) is 1.